The lowest BCUT2D eigenvalue weighted by Crippen LogP contribution is -2.28. The number of fused-ring (bicyclic) bond motifs is 1. The fraction of sp³-hybridized carbons (Fsp3) is 0.273. The van der Waals surface area contributed by atoms with Gasteiger partial charge in [0.1, 0.15) is 0 Å². The van der Waals surface area contributed by atoms with Gasteiger partial charge in [-0.2, -0.15) is 0 Å². The molecule has 0 aliphatic rings. The van der Waals surface area contributed by atoms with Crippen molar-refractivity contribution in [3.05, 3.63) is 34.7 Å². The van der Waals surface area contributed by atoms with Crippen LogP contribution >= 0.6 is 0 Å². The first kappa shape index (κ1) is 12.3. The fourth-order valence-electron chi connectivity index (χ4n) is 1.90. The molecule has 2 rings (SSSR count). The summed E-state index contributed by atoms with van der Waals surface area (Å²) >= 11 is 0. The van der Waals surface area contributed by atoms with Gasteiger partial charge in [-0.3, -0.25) is 13.9 Å². The van der Waals surface area contributed by atoms with Gasteiger partial charge in [-0.15, -0.1) is 0 Å². The zero-order valence-corrected chi connectivity index (χ0v) is 9.92. The van der Waals surface area contributed by atoms with Crippen molar-refractivity contribution in [2.45, 2.75) is 13.0 Å². The van der Waals surface area contributed by atoms with Gasteiger partial charge < -0.3 is 4.84 Å². The van der Waals surface area contributed by atoms with Gasteiger partial charge in [0.05, 0.1) is 17.5 Å². The van der Waals surface area contributed by atoms with Crippen molar-refractivity contribution < 1.29 is 9.63 Å². The molecule has 18 heavy (non-hydrogen) atoms. The molecule has 0 aliphatic carbocycles. The zero-order chi connectivity index (χ0) is 13.1. The van der Waals surface area contributed by atoms with Crippen molar-refractivity contribution in [1.82, 2.24) is 14.7 Å². The summed E-state index contributed by atoms with van der Waals surface area (Å²) in [5, 5.41) is 0. The van der Waals surface area contributed by atoms with Crippen LogP contribution in [0.4, 0.5) is 0 Å². The van der Waals surface area contributed by atoms with Crippen LogP contribution in [-0.2, 0) is 23.2 Å². The van der Waals surface area contributed by atoms with E-state index in [1.807, 2.05) is 29.9 Å². The van der Waals surface area contributed by atoms with Crippen LogP contribution in [0.5, 0.6) is 0 Å². The molecule has 0 saturated carbocycles. The molecule has 0 radical (unpaired) electrons. The number of imidazole rings is 1. The number of nitrogens with two attached hydrogens (primary N) is 1. The van der Waals surface area contributed by atoms with Crippen LogP contribution in [0.3, 0.4) is 0 Å². The Labute approximate surface area is 103 Å². The Kier molecular flexibility index (Phi) is 3.45. The van der Waals surface area contributed by atoms with Gasteiger partial charge in [0, 0.05) is 13.6 Å². The van der Waals surface area contributed by atoms with E-state index in [0.29, 0.717) is 0 Å². The molecular formula is C11H14N4O3. The number of hydrogen-bond donors (Lipinski definition) is 2. The predicted octanol–water partition coefficient (Wildman–Crippen LogP) is -0.348. The average Bonchev–Trinajstić information content (AvgIpc) is 2.61. The van der Waals surface area contributed by atoms with Gasteiger partial charge in [-0.05, 0) is 12.1 Å². The molecule has 0 unspecified atom stereocenters. The number of aromatic nitrogens is 2. The van der Waals surface area contributed by atoms with E-state index in [-0.39, 0.29) is 18.7 Å². The maximum absolute atomic E-state index is 12.0. The molecule has 0 aliphatic heterocycles. The topological polar surface area (TPSA) is 91.3 Å². The maximum Gasteiger partial charge on any atom is 0.328 e. The number of rotatable bonds is 4. The van der Waals surface area contributed by atoms with Gasteiger partial charge in [0.15, 0.2) is 0 Å². The van der Waals surface area contributed by atoms with Crippen molar-refractivity contribution in [3.8, 4) is 0 Å². The molecule has 1 aromatic heterocycles. The van der Waals surface area contributed by atoms with E-state index in [4.69, 9.17) is 5.84 Å². The van der Waals surface area contributed by atoms with Gasteiger partial charge in [0.2, 0.25) is 0 Å². The molecule has 96 valence electrons. The first-order valence-electron chi connectivity index (χ1n) is 5.44. The lowest BCUT2D eigenvalue weighted by Gasteiger charge is -2.02. The smallest absolute Gasteiger partial charge is 0.328 e. The summed E-state index contributed by atoms with van der Waals surface area (Å²) in [7, 11) is 1.70. The molecule has 7 heteroatoms. The van der Waals surface area contributed by atoms with Crippen LogP contribution in [0.15, 0.2) is 29.1 Å². The minimum atomic E-state index is -0.516. The third kappa shape index (κ3) is 2.13. The molecule has 0 bridgehead atoms. The van der Waals surface area contributed by atoms with Crippen molar-refractivity contribution in [1.29, 1.82) is 0 Å². The summed E-state index contributed by atoms with van der Waals surface area (Å²) in [5.41, 5.74) is 3.27. The van der Waals surface area contributed by atoms with E-state index in [0.717, 1.165) is 11.0 Å². The fourth-order valence-corrected chi connectivity index (χ4v) is 1.90. The summed E-state index contributed by atoms with van der Waals surface area (Å²) in [5.74, 6) is 4.34. The van der Waals surface area contributed by atoms with E-state index in [1.54, 1.807) is 11.6 Å². The van der Waals surface area contributed by atoms with Gasteiger partial charge in [0.25, 0.3) is 0 Å². The van der Waals surface area contributed by atoms with E-state index in [2.05, 4.69) is 4.84 Å². The third-order valence-electron chi connectivity index (χ3n) is 2.76. The number of hydrogen-bond acceptors (Lipinski definition) is 5. The molecule has 7 nitrogen and oxygen atoms in total. The normalized spacial score (nSPS) is 10.8. The summed E-state index contributed by atoms with van der Waals surface area (Å²) in [6.07, 6.45) is 0.0676. The molecule has 1 heterocycles. The summed E-state index contributed by atoms with van der Waals surface area (Å²) in [6.45, 7) is 0.251. The van der Waals surface area contributed by atoms with Crippen LogP contribution in [0, 0.1) is 0 Å². The average molecular weight is 250 g/mol. The molecule has 0 spiro atoms. The number of benzene rings is 1. The first-order valence-corrected chi connectivity index (χ1v) is 5.44. The Balaban J connectivity index is 2.31. The van der Waals surface area contributed by atoms with Crippen molar-refractivity contribution in [2.24, 2.45) is 12.9 Å². The Morgan fingerprint density at radius 3 is 2.72 bits per heavy atom. The third-order valence-corrected chi connectivity index (χ3v) is 2.76. The van der Waals surface area contributed by atoms with E-state index in [1.165, 1.54) is 4.57 Å². The van der Waals surface area contributed by atoms with Crippen LogP contribution in [-0.4, -0.2) is 15.1 Å². The number of aryl methyl sites for hydroxylation is 2. The highest BCUT2D eigenvalue weighted by molar-refractivity contribution is 5.76. The number of para-hydroxylation sites is 2. The second-order valence-corrected chi connectivity index (χ2v) is 3.82. The second kappa shape index (κ2) is 5.03. The minimum absolute atomic E-state index is 0.0676. The summed E-state index contributed by atoms with van der Waals surface area (Å²) < 4.78 is 3.08. The summed E-state index contributed by atoms with van der Waals surface area (Å²) in [6, 6.07) is 7.40. The van der Waals surface area contributed by atoms with Gasteiger partial charge in [-0.25, -0.2) is 10.6 Å². The van der Waals surface area contributed by atoms with Crippen LogP contribution < -0.4 is 17.1 Å². The largest absolute Gasteiger partial charge is 0.356 e. The van der Waals surface area contributed by atoms with E-state index < -0.39 is 5.97 Å². The molecule has 2 aromatic rings. The Bertz CT molecular complexity index is 629. The van der Waals surface area contributed by atoms with Crippen LogP contribution in [0.25, 0.3) is 11.0 Å². The first-order chi connectivity index (χ1) is 8.65. The molecule has 0 atom stereocenters. The number of nitrogens with one attached hydrogen (secondary N) is 1. The van der Waals surface area contributed by atoms with Crippen molar-refractivity contribution in [2.75, 3.05) is 0 Å². The Hall–Kier alpha value is -2.12. The number of carbonyl (C=O) groups is 1. The molecule has 0 amide bonds. The molecule has 1 aromatic carbocycles. The van der Waals surface area contributed by atoms with E-state index >= 15 is 0 Å². The lowest BCUT2D eigenvalue weighted by molar-refractivity contribution is -0.151. The number of nitrogens with zero attached hydrogens (tertiary/aromatic N) is 2. The Morgan fingerprint density at radius 2 is 2.06 bits per heavy atom. The van der Waals surface area contributed by atoms with Crippen LogP contribution in [0.2, 0.25) is 0 Å². The number of hydrazine groups is 1. The molecular weight excluding hydrogens is 236 g/mol. The van der Waals surface area contributed by atoms with Crippen molar-refractivity contribution >= 4 is 17.0 Å². The highest BCUT2D eigenvalue weighted by atomic mass is 16.7. The molecule has 3 N–H and O–H groups in total. The van der Waals surface area contributed by atoms with Gasteiger partial charge >= 0.3 is 11.7 Å². The monoisotopic (exact) mass is 250 g/mol. The van der Waals surface area contributed by atoms with Crippen LogP contribution in [0.1, 0.15) is 6.42 Å². The summed E-state index contributed by atoms with van der Waals surface area (Å²) in [4.78, 5) is 27.6. The number of carbonyl (C=O) groups excluding carboxylic acids is 1. The second-order valence-electron chi connectivity index (χ2n) is 3.82. The standard InChI is InChI=1S/C11H14N4O3/c1-14-8-4-2-3-5-9(8)15(11(14)17)7-6-10(16)18-13-12/h2-5,13H,6-7,12H2,1H3. The molecule has 0 fully saturated rings. The molecule has 0 saturated heterocycles. The highest BCUT2D eigenvalue weighted by Gasteiger charge is 2.11. The lowest BCUT2D eigenvalue weighted by atomic mass is 10.3. The highest BCUT2D eigenvalue weighted by Crippen LogP contribution is 2.11. The maximum atomic E-state index is 12.0. The zero-order valence-electron chi connectivity index (χ0n) is 9.92. The quantitative estimate of drug-likeness (QED) is 0.571. The van der Waals surface area contributed by atoms with Gasteiger partial charge in [-0.1, -0.05) is 17.7 Å². The van der Waals surface area contributed by atoms with Crippen molar-refractivity contribution in [3.63, 3.8) is 0 Å². The SMILES string of the molecule is Cn1c(=O)n(CCC(=O)ONN)c2ccccc21. The van der Waals surface area contributed by atoms with E-state index in [9.17, 15) is 9.59 Å². The minimum Gasteiger partial charge on any atom is -0.356 e. The predicted molar refractivity (Wildman–Crippen MR) is 65.2 cm³/mol. The Morgan fingerprint density at radius 1 is 1.39 bits per heavy atom.